The van der Waals surface area contributed by atoms with E-state index in [1.54, 1.807) is 0 Å². The summed E-state index contributed by atoms with van der Waals surface area (Å²) in [6.07, 6.45) is 2.32. The number of hydrogen-bond acceptors (Lipinski definition) is 3. The third-order valence-corrected chi connectivity index (χ3v) is 4.21. The Morgan fingerprint density at radius 3 is 2.81 bits per heavy atom. The summed E-state index contributed by atoms with van der Waals surface area (Å²) in [5.74, 6) is 0.0359. The van der Waals surface area contributed by atoms with E-state index in [1.807, 2.05) is 36.2 Å². The number of carbonyl (C=O) groups excluding carboxylic acids is 1. The van der Waals surface area contributed by atoms with Crippen LogP contribution in [-0.2, 0) is 9.53 Å². The quantitative estimate of drug-likeness (QED) is 0.878. The molecule has 1 amide bonds. The minimum atomic E-state index is 0.0359. The van der Waals surface area contributed by atoms with Crippen molar-refractivity contribution in [3.63, 3.8) is 0 Å². The average Bonchev–Trinajstić information content (AvgIpc) is 2.98. The van der Waals surface area contributed by atoms with Crippen molar-refractivity contribution in [1.82, 2.24) is 10.2 Å². The van der Waals surface area contributed by atoms with Gasteiger partial charge in [-0.3, -0.25) is 9.69 Å². The maximum Gasteiger partial charge on any atom is 0.234 e. The summed E-state index contributed by atoms with van der Waals surface area (Å²) in [5, 5.41) is 3.67. The van der Waals surface area contributed by atoms with Crippen LogP contribution >= 0.6 is 11.6 Å². The lowest BCUT2D eigenvalue weighted by Gasteiger charge is -2.24. The zero-order valence-corrected chi connectivity index (χ0v) is 13.4. The largest absolute Gasteiger partial charge is 0.376 e. The Balaban J connectivity index is 1.77. The average molecular weight is 311 g/mol. The van der Waals surface area contributed by atoms with Gasteiger partial charge in [-0.1, -0.05) is 23.7 Å². The molecule has 2 atom stereocenters. The van der Waals surface area contributed by atoms with Crippen LogP contribution in [0.1, 0.15) is 31.4 Å². The van der Waals surface area contributed by atoms with Gasteiger partial charge in [0.15, 0.2) is 0 Å². The van der Waals surface area contributed by atoms with Crippen LogP contribution in [0.2, 0.25) is 5.02 Å². The van der Waals surface area contributed by atoms with Crippen LogP contribution in [0.15, 0.2) is 24.3 Å². The van der Waals surface area contributed by atoms with Gasteiger partial charge in [0.05, 0.1) is 12.6 Å². The summed E-state index contributed by atoms with van der Waals surface area (Å²) >= 11 is 5.89. The molecule has 1 aromatic carbocycles. The van der Waals surface area contributed by atoms with Crippen LogP contribution in [0.4, 0.5) is 0 Å². The van der Waals surface area contributed by atoms with Gasteiger partial charge in [-0.05, 0) is 44.5 Å². The van der Waals surface area contributed by atoms with Gasteiger partial charge >= 0.3 is 0 Å². The molecule has 0 bridgehead atoms. The molecule has 0 radical (unpaired) electrons. The molecule has 5 heteroatoms. The summed E-state index contributed by atoms with van der Waals surface area (Å²) < 4.78 is 5.50. The van der Waals surface area contributed by atoms with Crippen LogP contribution < -0.4 is 5.32 Å². The number of nitrogens with one attached hydrogen (secondary N) is 1. The van der Waals surface area contributed by atoms with E-state index in [9.17, 15) is 4.79 Å². The van der Waals surface area contributed by atoms with Crippen molar-refractivity contribution >= 4 is 17.5 Å². The first-order chi connectivity index (χ1) is 10.1. The van der Waals surface area contributed by atoms with Crippen molar-refractivity contribution in [3.8, 4) is 0 Å². The van der Waals surface area contributed by atoms with E-state index in [-0.39, 0.29) is 18.1 Å². The van der Waals surface area contributed by atoms with Crippen molar-refractivity contribution in [3.05, 3.63) is 34.9 Å². The van der Waals surface area contributed by atoms with E-state index in [0.29, 0.717) is 13.1 Å². The SMILES string of the molecule is C[C@H](c1ccc(Cl)cc1)N(C)CC(=O)NC[C@H]1CCCO1. The van der Waals surface area contributed by atoms with Crippen molar-refractivity contribution < 1.29 is 9.53 Å². The number of hydrogen-bond donors (Lipinski definition) is 1. The Morgan fingerprint density at radius 1 is 1.48 bits per heavy atom. The second-order valence-corrected chi connectivity index (χ2v) is 6.02. The van der Waals surface area contributed by atoms with Crippen molar-refractivity contribution in [2.24, 2.45) is 0 Å². The third kappa shape index (κ3) is 4.99. The van der Waals surface area contributed by atoms with E-state index in [4.69, 9.17) is 16.3 Å². The lowest BCUT2D eigenvalue weighted by Crippen LogP contribution is -2.39. The molecule has 1 heterocycles. The van der Waals surface area contributed by atoms with Crippen LogP contribution in [0.3, 0.4) is 0 Å². The molecule has 0 aromatic heterocycles. The maximum atomic E-state index is 12.0. The highest BCUT2D eigenvalue weighted by atomic mass is 35.5. The van der Waals surface area contributed by atoms with Crippen LogP contribution in [-0.4, -0.2) is 43.7 Å². The molecule has 116 valence electrons. The number of carbonyl (C=O) groups is 1. The lowest BCUT2D eigenvalue weighted by atomic mass is 10.1. The van der Waals surface area contributed by atoms with Gasteiger partial charge < -0.3 is 10.1 Å². The summed E-state index contributed by atoms with van der Waals surface area (Å²) in [7, 11) is 1.95. The van der Waals surface area contributed by atoms with E-state index < -0.39 is 0 Å². The van der Waals surface area contributed by atoms with Gasteiger partial charge in [-0.15, -0.1) is 0 Å². The van der Waals surface area contributed by atoms with E-state index in [1.165, 1.54) is 0 Å². The predicted octanol–water partition coefficient (Wildman–Crippen LogP) is 2.63. The van der Waals surface area contributed by atoms with Crippen molar-refractivity contribution in [2.75, 3.05) is 26.7 Å². The van der Waals surface area contributed by atoms with Crippen LogP contribution in [0, 0.1) is 0 Å². The molecule has 1 aromatic rings. The molecular formula is C16H23ClN2O2. The first kappa shape index (κ1) is 16.3. The fourth-order valence-electron chi connectivity index (χ4n) is 2.45. The van der Waals surface area contributed by atoms with Gasteiger partial charge in [0.25, 0.3) is 0 Å². The van der Waals surface area contributed by atoms with E-state index >= 15 is 0 Å². The first-order valence-corrected chi connectivity index (χ1v) is 7.78. The molecule has 1 saturated heterocycles. The highest BCUT2D eigenvalue weighted by Crippen LogP contribution is 2.20. The van der Waals surface area contributed by atoms with Gasteiger partial charge in [0.1, 0.15) is 0 Å². The molecule has 0 unspecified atom stereocenters. The van der Waals surface area contributed by atoms with Gasteiger partial charge in [0, 0.05) is 24.2 Å². The smallest absolute Gasteiger partial charge is 0.234 e. The summed E-state index contributed by atoms with van der Waals surface area (Å²) in [6, 6.07) is 7.90. The van der Waals surface area contributed by atoms with Crippen LogP contribution in [0.5, 0.6) is 0 Å². The topological polar surface area (TPSA) is 41.6 Å². The number of halogens is 1. The van der Waals surface area contributed by atoms with Crippen LogP contribution in [0.25, 0.3) is 0 Å². The zero-order chi connectivity index (χ0) is 15.2. The fraction of sp³-hybridized carbons (Fsp3) is 0.562. The number of nitrogens with zero attached hydrogens (tertiary/aromatic N) is 1. The molecule has 2 rings (SSSR count). The minimum absolute atomic E-state index is 0.0359. The highest BCUT2D eigenvalue weighted by Gasteiger charge is 2.18. The molecule has 1 fully saturated rings. The highest BCUT2D eigenvalue weighted by molar-refractivity contribution is 6.30. The Hall–Kier alpha value is -1.10. The monoisotopic (exact) mass is 310 g/mol. The minimum Gasteiger partial charge on any atom is -0.376 e. The summed E-state index contributed by atoms with van der Waals surface area (Å²) in [5.41, 5.74) is 1.15. The second-order valence-electron chi connectivity index (χ2n) is 5.58. The molecule has 1 aliphatic rings. The fourth-order valence-corrected chi connectivity index (χ4v) is 2.57. The van der Waals surface area contributed by atoms with Gasteiger partial charge in [0.2, 0.25) is 5.91 Å². The molecular weight excluding hydrogens is 288 g/mol. The molecule has 1 aliphatic heterocycles. The Labute approximate surface area is 131 Å². The molecule has 0 aliphatic carbocycles. The van der Waals surface area contributed by atoms with Crippen molar-refractivity contribution in [2.45, 2.75) is 31.9 Å². The van der Waals surface area contributed by atoms with Gasteiger partial charge in [-0.25, -0.2) is 0 Å². The molecule has 0 saturated carbocycles. The predicted molar refractivity (Wildman–Crippen MR) is 84.5 cm³/mol. The molecule has 0 spiro atoms. The Morgan fingerprint density at radius 2 is 2.19 bits per heavy atom. The Kier molecular flexibility index (Phi) is 6.03. The normalized spacial score (nSPS) is 19.7. The van der Waals surface area contributed by atoms with E-state index in [0.717, 1.165) is 30.0 Å². The number of ether oxygens (including phenoxy) is 1. The number of amides is 1. The summed E-state index contributed by atoms with van der Waals surface area (Å²) in [4.78, 5) is 14.0. The van der Waals surface area contributed by atoms with Crippen molar-refractivity contribution in [1.29, 1.82) is 0 Å². The second kappa shape index (κ2) is 7.78. The van der Waals surface area contributed by atoms with Gasteiger partial charge in [-0.2, -0.15) is 0 Å². The van der Waals surface area contributed by atoms with E-state index in [2.05, 4.69) is 12.2 Å². The number of benzene rings is 1. The Bertz CT molecular complexity index is 458. The summed E-state index contributed by atoms with van der Waals surface area (Å²) in [6.45, 7) is 3.88. The molecule has 4 nitrogen and oxygen atoms in total. The standard InChI is InChI=1S/C16H23ClN2O2/c1-12(13-5-7-14(17)8-6-13)19(2)11-16(20)18-10-15-4-3-9-21-15/h5-8,12,15H,3-4,9-11H2,1-2H3,(H,18,20)/t12-,15-/m1/s1. The first-order valence-electron chi connectivity index (χ1n) is 7.40. The lowest BCUT2D eigenvalue weighted by molar-refractivity contribution is -0.122. The third-order valence-electron chi connectivity index (χ3n) is 3.96. The molecule has 21 heavy (non-hydrogen) atoms. The zero-order valence-electron chi connectivity index (χ0n) is 12.6. The number of likely N-dealkylation sites (N-methyl/N-ethyl adjacent to an activating group) is 1. The number of rotatable bonds is 6. The maximum absolute atomic E-state index is 12.0. The molecule has 1 N–H and O–H groups in total.